The minimum atomic E-state index is 0.578. The Labute approximate surface area is 147 Å². The largest absolute Gasteiger partial charge is 0.297 e. The van der Waals surface area contributed by atoms with Crippen molar-refractivity contribution in [2.45, 2.75) is 6.92 Å². The molecular weight excluding hydrogens is 330 g/mol. The molecule has 9 heteroatoms. The van der Waals surface area contributed by atoms with Crippen LogP contribution in [0, 0.1) is 6.92 Å². The van der Waals surface area contributed by atoms with E-state index in [1.54, 1.807) is 17.2 Å². The summed E-state index contributed by atoms with van der Waals surface area (Å²) in [4.78, 5) is 17.5. The Morgan fingerprint density at radius 3 is 2.96 bits per heavy atom. The lowest BCUT2D eigenvalue weighted by Crippen LogP contribution is -1.98. The summed E-state index contributed by atoms with van der Waals surface area (Å²) in [5.74, 6) is 1.89. The highest BCUT2D eigenvalue weighted by Crippen LogP contribution is 2.24. The van der Waals surface area contributed by atoms with E-state index < -0.39 is 0 Å². The molecule has 126 valence electrons. The Balaban J connectivity index is 1.59. The number of imidazole rings is 1. The third-order valence-electron chi connectivity index (χ3n) is 4.07. The second-order valence-corrected chi connectivity index (χ2v) is 5.73. The Morgan fingerprint density at radius 2 is 2.08 bits per heavy atom. The number of hydrogen-bond acceptors (Lipinski definition) is 6. The summed E-state index contributed by atoms with van der Waals surface area (Å²) in [6.45, 7) is 1.96. The number of aromatic nitrogens is 9. The highest BCUT2D eigenvalue weighted by atomic mass is 15.3. The minimum absolute atomic E-state index is 0.578. The summed E-state index contributed by atoms with van der Waals surface area (Å²) >= 11 is 0. The lowest BCUT2D eigenvalue weighted by atomic mass is 10.2. The predicted molar refractivity (Wildman–Crippen MR) is 93.5 cm³/mol. The van der Waals surface area contributed by atoms with Gasteiger partial charge in [0.15, 0.2) is 17.5 Å². The molecule has 0 unspecified atom stereocenters. The monoisotopic (exact) mass is 343 g/mol. The van der Waals surface area contributed by atoms with Crippen LogP contribution in [0.15, 0.2) is 55.4 Å². The average Bonchev–Trinajstić information content (AvgIpc) is 3.40. The molecule has 0 amide bonds. The predicted octanol–water partition coefficient (Wildman–Crippen LogP) is 2.07. The molecule has 26 heavy (non-hydrogen) atoms. The van der Waals surface area contributed by atoms with Gasteiger partial charge in [-0.25, -0.2) is 24.6 Å². The van der Waals surface area contributed by atoms with Crippen LogP contribution >= 0.6 is 0 Å². The van der Waals surface area contributed by atoms with Crippen molar-refractivity contribution in [2.75, 3.05) is 0 Å². The number of H-pyrrole nitrogens is 1. The molecule has 5 rings (SSSR count). The number of hydrogen-bond donors (Lipinski definition) is 1. The molecule has 0 saturated heterocycles. The Morgan fingerprint density at radius 1 is 1.12 bits per heavy atom. The average molecular weight is 343 g/mol. The lowest BCUT2D eigenvalue weighted by Gasteiger charge is -2.01. The zero-order chi connectivity index (χ0) is 17.5. The molecule has 5 heterocycles. The number of pyridine rings is 2. The number of nitrogens with one attached hydrogen (secondary N) is 1. The molecule has 0 fully saturated rings. The van der Waals surface area contributed by atoms with Crippen LogP contribution in [0.25, 0.3) is 34.4 Å². The number of aromatic amines is 1. The van der Waals surface area contributed by atoms with Gasteiger partial charge in [-0.1, -0.05) is 6.07 Å². The first kappa shape index (κ1) is 14.5. The van der Waals surface area contributed by atoms with Crippen molar-refractivity contribution in [3.05, 3.63) is 61.1 Å². The van der Waals surface area contributed by atoms with Gasteiger partial charge in [0.05, 0.1) is 5.69 Å². The molecular formula is C17H13N9. The molecule has 5 aromatic heterocycles. The van der Waals surface area contributed by atoms with Crippen molar-refractivity contribution in [2.24, 2.45) is 0 Å². The normalized spacial score (nSPS) is 11.3. The molecule has 0 radical (unpaired) electrons. The maximum absolute atomic E-state index is 4.66. The number of fused-ring (bicyclic) bond motifs is 1. The van der Waals surface area contributed by atoms with Crippen molar-refractivity contribution < 1.29 is 0 Å². The maximum Gasteiger partial charge on any atom is 0.181 e. The van der Waals surface area contributed by atoms with Crippen LogP contribution in [0.1, 0.15) is 5.69 Å². The fourth-order valence-corrected chi connectivity index (χ4v) is 2.90. The van der Waals surface area contributed by atoms with Gasteiger partial charge in [-0.05, 0) is 31.2 Å². The molecule has 0 aliphatic rings. The van der Waals surface area contributed by atoms with Crippen LogP contribution in [-0.2, 0) is 0 Å². The number of rotatable bonds is 3. The Bertz CT molecular complexity index is 1200. The van der Waals surface area contributed by atoms with Crippen molar-refractivity contribution in [3.63, 3.8) is 0 Å². The van der Waals surface area contributed by atoms with E-state index in [2.05, 4.69) is 35.2 Å². The van der Waals surface area contributed by atoms with Crippen LogP contribution < -0.4 is 0 Å². The quantitative estimate of drug-likeness (QED) is 0.538. The molecule has 5 aromatic rings. The van der Waals surface area contributed by atoms with Crippen molar-refractivity contribution in [1.82, 2.24) is 44.3 Å². The van der Waals surface area contributed by atoms with E-state index in [1.807, 2.05) is 47.9 Å². The first-order valence-electron chi connectivity index (χ1n) is 7.97. The van der Waals surface area contributed by atoms with Gasteiger partial charge < -0.3 is 0 Å². The van der Waals surface area contributed by atoms with Crippen molar-refractivity contribution >= 4 is 5.65 Å². The first-order valence-corrected chi connectivity index (χ1v) is 7.97. The number of aryl methyl sites for hydroxylation is 1. The van der Waals surface area contributed by atoms with E-state index in [4.69, 9.17) is 0 Å². The molecule has 0 aliphatic carbocycles. The summed E-state index contributed by atoms with van der Waals surface area (Å²) in [6.07, 6.45) is 6.72. The fraction of sp³-hybridized carbons (Fsp3) is 0.0588. The Hall–Kier alpha value is -3.88. The van der Waals surface area contributed by atoms with E-state index >= 15 is 0 Å². The van der Waals surface area contributed by atoms with E-state index in [-0.39, 0.29) is 0 Å². The van der Waals surface area contributed by atoms with Gasteiger partial charge in [-0.15, -0.1) is 0 Å². The third-order valence-corrected chi connectivity index (χ3v) is 4.07. The van der Waals surface area contributed by atoms with Gasteiger partial charge in [0.2, 0.25) is 0 Å². The summed E-state index contributed by atoms with van der Waals surface area (Å²) in [7, 11) is 0. The third kappa shape index (κ3) is 2.25. The van der Waals surface area contributed by atoms with Gasteiger partial charge in [0.1, 0.15) is 24.0 Å². The zero-order valence-corrected chi connectivity index (χ0v) is 13.8. The van der Waals surface area contributed by atoms with Crippen molar-refractivity contribution in [1.29, 1.82) is 0 Å². The highest BCUT2D eigenvalue weighted by molar-refractivity contribution is 5.64. The SMILES string of the molecule is Cc1nc2ccccn2c1-c1nc(-c2ccnc(-n3cncn3)c2)n[nH]1. The van der Waals surface area contributed by atoms with Gasteiger partial charge in [-0.3, -0.25) is 9.50 Å². The summed E-state index contributed by atoms with van der Waals surface area (Å²) in [6, 6.07) is 9.60. The summed E-state index contributed by atoms with van der Waals surface area (Å²) < 4.78 is 3.58. The molecule has 0 aromatic carbocycles. The van der Waals surface area contributed by atoms with E-state index in [0.717, 1.165) is 22.6 Å². The molecule has 0 bridgehead atoms. The topological polar surface area (TPSA) is 102 Å². The van der Waals surface area contributed by atoms with Crippen LogP contribution in [0.2, 0.25) is 0 Å². The molecule has 0 atom stereocenters. The van der Waals surface area contributed by atoms with E-state index in [0.29, 0.717) is 17.5 Å². The van der Waals surface area contributed by atoms with E-state index in [9.17, 15) is 0 Å². The van der Waals surface area contributed by atoms with Gasteiger partial charge in [0.25, 0.3) is 0 Å². The molecule has 9 nitrogen and oxygen atoms in total. The second-order valence-electron chi connectivity index (χ2n) is 5.73. The van der Waals surface area contributed by atoms with Crippen LogP contribution in [-0.4, -0.2) is 44.3 Å². The molecule has 1 N–H and O–H groups in total. The van der Waals surface area contributed by atoms with E-state index in [1.165, 1.54) is 6.33 Å². The highest BCUT2D eigenvalue weighted by Gasteiger charge is 2.16. The maximum atomic E-state index is 4.66. The zero-order valence-electron chi connectivity index (χ0n) is 13.8. The van der Waals surface area contributed by atoms with Gasteiger partial charge in [-0.2, -0.15) is 10.2 Å². The van der Waals surface area contributed by atoms with Crippen LogP contribution in [0.3, 0.4) is 0 Å². The number of nitrogens with zero attached hydrogens (tertiary/aromatic N) is 8. The second kappa shape index (κ2) is 5.59. The van der Waals surface area contributed by atoms with Crippen LogP contribution in [0.5, 0.6) is 0 Å². The van der Waals surface area contributed by atoms with Gasteiger partial charge in [0, 0.05) is 18.0 Å². The van der Waals surface area contributed by atoms with Crippen LogP contribution in [0.4, 0.5) is 0 Å². The lowest BCUT2D eigenvalue weighted by molar-refractivity contribution is 0.845. The Kier molecular flexibility index (Phi) is 3.11. The summed E-state index contributed by atoms with van der Waals surface area (Å²) in [5.41, 5.74) is 3.48. The first-order chi connectivity index (χ1) is 12.8. The molecule has 0 spiro atoms. The molecule has 0 aliphatic heterocycles. The standard InChI is InChI=1S/C17H13N9/c1-11-15(25-7-3-2-4-13(25)21-11)17-22-16(23-24-17)12-5-6-19-14(8-12)26-10-18-9-20-26/h2-10H,1H3,(H,22,23,24). The van der Waals surface area contributed by atoms with Crippen molar-refractivity contribution in [3.8, 4) is 28.7 Å². The van der Waals surface area contributed by atoms with Gasteiger partial charge >= 0.3 is 0 Å². The summed E-state index contributed by atoms with van der Waals surface area (Å²) in [5, 5.41) is 11.5. The minimum Gasteiger partial charge on any atom is -0.297 e. The molecule has 0 saturated carbocycles. The smallest absolute Gasteiger partial charge is 0.181 e. The fourth-order valence-electron chi connectivity index (χ4n) is 2.90.